The van der Waals surface area contributed by atoms with Crippen LogP contribution in [0.25, 0.3) is 0 Å². The lowest BCUT2D eigenvalue weighted by Gasteiger charge is -2.26. The number of carbonyl (C=O) groups is 1. The minimum atomic E-state index is -0.358. The van der Waals surface area contributed by atoms with Crippen molar-refractivity contribution in [1.29, 1.82) is 0 Å². The maximum atomic E-state index is 12.0. The van der Waals surface area contributed by atoms with Gasteiger partial charge in [0, 0.05) is 24.1 Å². The molecule has 25 heavy (non-hydrogen) atoms. The van der Waals surface area contributed by atoms with E-state index in [9.17, 15) is 4.79 Å². The van der Waals surface area contributed by atoms with Crippen molar-refractivity contribution in [2.45, 2.75) is 51.2 Å². The monoisotopic (exact) mass is 369 g/mol. The molecule has 0 heterocycles. The Morgan fingerprint density at radius 2 is 2.00 bits per heavy atom. The molecule has 5 nitrogen and oxygen atoms in total. The van der Waals surface area contributed by atoms with Crippen LogP contribution in [0.2, 0.25) is 5.02 Å². The van der Waals surface area contributed by atoms with Crippen LogP contribution in [0, 0.1) is 5.92 Å². The number of benzene rings is 1. The third-order valence-corrected chi connectivity index (χ3v) is 4.84. The predicted octanol–water partition coefficient (Wildman–Crippen LogP) is 4.70. The summed E-state index contributed by atoms with van der Waals surface area (Å²) < 4.78 is 16.2. The number of rotatable bonds is 8. The van der Waals surface area contributed by atoms with E-state index in [-0.39, 0.29) is 37.6 Å². The number of hydrogen-bond donors (Lipinski definition) is 1. The highest BCUT2D eigenvalue weighted by atomic mass is 35.5. The molecule has 1 aromatic carbocycles. The second-order valence-corrected chi connectivity index (χ2v) is 6.98. The van der Waals surface area contributed by atoms with E-state index in [1.807, 2.05) is 31.2 Å². The Labute approximate surface area is 155 Å². The Kier molecular flexibility index (Phi) is 8.52. The lowest BCUT2D eigenvalue weighted by molar-refractivity contribution is -0.0974. The fourth-order valence-corrected chi connectivity index (χ4v) is 3.40. The zero-order valence-corrected chi connectivity index (χ0v) is 15.8. The van der Waals surface area contributed by atoms with Gasteiger partial charge >= 0.3 is 6.09 Å². The van der Waals surface area contributed by atoms with E-state index in [0.717, 1.165) is 18.4 Å². The molecule has 1 aliphatic rings. The van der Waals surface area contributed by atoms with E-state index in [4.69, 9.17) is 25.8 Å². The van der Waals surface area contributed by atoms with E-state index >= 15 is 0 Å². The van der Waals surface area contributed by atoms with Gasteiger partial charge in [-0.25, -0.2) is 4.79 Å². The Balaban J connectivity index is 1.89. The van der Waals surface area contributed by atoms with E-state index in [1.54, 1.807) is 7.11 Å². The standard InChI is InChI=1S/C19H28ClNO4/c1-14(12-24-19(22)21-15-8-4-3-5-9-15)18(25-13-23-2)16-10-6-7-11-17(16)20/h6-7,10-11,14-15,18H,3-5,8-9,12-13H2,1-2H3,(H,21,22). The normalized spacial score (nSPS) is 17.7. The van der Waals surface area contributed by atoms with Crippen molar-refractivity contribution in [3.8, 4) is 0 Å². The summed E-state index contributed by atoms with van der Waals surface area (Å²) in [5, 5.41) is 3.58. The molecule has 1 aliphatic carbocycles. The molecule has 1 fully saturated rings. The van der Waals surface area contributed by atoms with Crippen molar-refractivity contribution in [3.63, 3.8) is 0 Å². The summed E-state index contributed by atoms with van der Waals surface area (Å²) in [5.74, 6) is -0.0628. The van der Waals surface area contributed by atoms with Gasteiger partial charge in [-0.3, -0.25) is 0 Å². The zero-order valence-electron chi connectivity index (χ0n) is 15.0. The Bertz CT molecular complexity index is 534. The molecule has 2 rings (SSSR count). The van der Waals surface area contributed by atoms with Crippen molar-refractivity contribution in [2.24, 2.45) is 5.92 Å². The summed E-state index contributed by atoms with van der Waals surface area (Å²) in [5.41, 5.74) is 0.866. The fraction of sp³-hybridized carbons (Fsp3) is 0.632. The molecule has 1 amide bonds. The average molecular weight is 370 g/mol. The highest BCUT2D eigenvalue weighted by Gasteiger charge is 2.24. The third kappa shape index (κ3) is 6.49. The summed E-state index contributed by atoms with van der Waals surface area (Å²) in [6, 6.07) is 7.76. The zero-order chi connectivity index (χ0) is 18.1. The summed E-state index contributed by atoms with van der Waals surface area (Å²) in [4.78, 5) is 12.0. The third-order valence-electron chi connectivity index (χ3n) is 4.50. The molecule has 0 bridgehead atoms. The van der Waals surface area contributed by atoms with Gasteiger partial charge in [-0.1, -0.05) is 56.0 Å². The second kappa shape index (κ2) is 10.6. The van der Waals surface area contributed by atoms with Crippen LogP contribution in [0.15, 0.2) is 24.3 Å². The van der Waals surface area contributed by atoms with Gasteiger partial charge in [0.2, 0.25) is 0 Å². The summed E-state index contributed by atoms with van der Waals surface area (Å²) in [6.07, 6.45) is 4.98. The first-order valence-corrected chi connectivity index (χ1v) is 9.28. The Morgan fingerprint density at radius 1 is 1.28 bits per heavy atom. The molecule has 0 spiro atoms. The van der Waals surface area contributed by atoms with Crippen molar-refractivity contribution in [2.75, 3.05) is 20.5 Å². The number of nitrogens with one attached hydrogen (secondary N) is 1. The van der Waals surface area contributed by atoms with Gasteiger partial charge < -0.3 is 19.5 Å². The van der Waals surface area contributed by atoms with Gasteiger partial charge in [0.05, 0.1) is 12.7 Å². The summed E-state index contributed by atoms with van der Waals surface area (Å²) in [6.45, 7) is 2.37. The number of hydrogen-bond acceptors (Lipinski definition) is 4. The maximum Gasteiger partial charge on any atom is 0.407 e. The molecule has 140 valence electrons. The summed E-state index contributed by atoms with van der Waals surface area (Å²) >= 11 is 6.29. The van der Waals surface area contributed by atoms with Crippen LogP contribution in [0.5, 0.6) is 0 Å². The minimum Gasteiger partial charge on any atom is -0.449 e. The predicted molar refractivity (Wildman–Crippen MR) is 97.7 cm³/mol. The van der Waals surface area contributed by atoms with E-state index in [2.05, 4.69) is 5.32 Å². The molecule has 1 aromatic rings. The Hall–Kier alpha value is -1.30. The highest BCUT2D eigenvalue weighted by Crippen LogP contribution is 2.31. The molecule has 0 radical (unpaired) electrons. The minimum absolute atomic E-state index is 0.0628. The van der Waals surface area contributed by atoms with Crippen LogP contribution in [-0.4, -0.2) is 32.6 Å². The number of ether oxygens (including phenoxy) is 3. The molecule has 1 saturated carbocycles. The van der Waals surface area contributed by atoms with Crippen LogP contribution >= 0.6 is 11.6 Å². The van der Waals surface area contributed by atoms with Crippen molar-refractivity contribution < 1.29 is 19.0 Å². The van der Waals surface area contributed by atoms with Crippen LogP contribution in [0.1, 0.15) is 50.7 Å². The first-order valence-electron chi connectivity index (χ1n) is 8.90. The van der Waals surface area contributed by atoms with Gasteiger partial charge in [-0.05, 0) is 24.5 Å². The fourth-order valence-electron chi connectivity index (χ4n) is 3.16. The smallest absolute Gasteiger partial charge is 0.407 e. The van der Waals surface area contributed by atoms with Crippen LogP contribution in [0.4, 0.5) is 4.79 Å². The largest absolute Gasteiger partial charge is 0.449 e. The molecule has 0 aliphatic heterocycles. The number of amides is 1. The molecular formula is C19H28ClNO4. The number of carbonyl (C=O) groups excluding carboxylic acids is 1. The quantitative estimate of drug-likeness (QED) is 0.675. The lowest BCUT2D eigenvalue weighted by atomic mass is 9.96. The van der Waals surface area contributed by atoms with Crippen molar-refractivity contribution in [3.05, 3.63) is 34.9 Å². The van der Waals surface area contributed by atoms with E-state index in [0.29, 0.717) is 5.02 Å². The van der Waals surface area contributed by atoms with Gasteiger partial charge in [0.15, 0.2) is 0 Å². The molecule has 1 N–H and O–H groups in total. The second-order valence-electron chi connectivity index (χ2n) is 6.57. The SMILES string of the molecule is COCOC(c1ccccc1Cl)C(C)COC(=O)NC1CCCCC1. The molecule has 0 saturated heterocycles. The van der Waals surface area contributed by atoms with Crippen LogP contribution < -0.4 is 5.32 Å². The van der Waals surface area contributed by atoms with Crippen molar-refractivity contribution >= 4 is 17.7 Å². The maximum absolute atomic E-state index is 12.0. The first kappa shape index (κ1) is 20.0. The lowest BCUT2D eigenvalue weighted by Crippen LogP contribution is -2.37. The topological polar surface area (TPSA) is 56.8 Å². The Morgan fingerprint density at radius 3 is 2.68 bits per heavy atom. The van der Waals surface area contributed by atoms with Gasteiger partial charge in [0.25, 0.3) is 0 Å². The molecule has 2 unspecified atom stereocenters. The van der Waals surface area contributed by atoms with Crippen LogP contribution in [-0.2, 0) is 14.2 Å². The number of methoxy groups -OCH3 is 1. The van der Waals surface area contributed by atoms with E-state index in [1.165, 1.54) is 19.3 Å². The average Bonchev–Trinajstić information content (AvgIpc) is 2.62. The van der Waals surface area contributed by atoms with E-state index < -0.39 is 0 Å². The van der Waals surface area contributed by atoms with Crippen LogP contribution in [0.3, 0.4) is 0 Å². The molecule has 2 atom stereocenters. The van der Waals surface area contributed by atoms with Gasteiger partial charge in [0.1, 0.15) is 6.79 Å². The highest BCUT2D eigenvalue weighted by molar-refractivity contribution is 6.31. The van der Waals surface area contributed by atoms with Gasteiger partial charge in [-0.2, -0.15) is 0 Å². The number of halogens is 1. The molecule has 6 heteroatoms. The molecular weight excluding hydrogens is 342 g/mol. The number of alkyl carbamates (subject to hydrolysis) is 1. The molecule has 0 aromatic heterocycles. The van der Waals surface area contributed by atoms with Crippen molar-refractivity contribution in [1.82, 2.24) is 5.32 Å². The summed E-state index contributed by atoms with van der Waals surface area (Å²) in [7, 11) is 1.57. The first-order chi connectivity index (χ1) is 12.1. The van der Waals surface area contributed by atoms with Gasteiger partial charge in [-0.15, -0.1) is 0 Å².